The average molecular weight is 443 g/mol. The van der Waals surface area contributed by atoms with Crippen molar-refractivity contribution in [2.45, 2.75) is 90.4 Å². The monoisotopic (exact) mass is 442 g/mol. The molecule has 2 saturated carbocycles. The molecule has 0 amide bonds. The highest BCUT2D eigenvalue weighted by Crippen LogP contribution is 2.44. The van der Waals surface area contributed by atoms with E-state index in [1.165, 1.54) is 76.2 Å². The van der Waals surface area contributed by atoms with Crippen LogP contribution in [-0.2, 0) is 0 Å². The molecule has 2 aliphatic carbocycles. The van der Waals surface area contributed by atoms with Crippen LogP contribution in [0.4, 0.5) is 0 Å². The fourth-order valence-corrected chi connectivity index (χ4v) is 6.15. The third-order valence-corrected chi connectivity index (χ3v) is 8.19. The van der Waals surface area contributed by atoms with Gasteiger partial charge in [-0.15, -0.1) is 0 Å². The van der Waals surface area contributed by atoms with E-state index in [-0.39, 0.29) is 0 Å². The molecule has 2 aliphatic rings. The van der Waals surface area contributed by atoms with Gasteiger partial charge >= 0.3 is 0 Å². The first kappa shape index (κ1) is 23.9. The second-order valence-electron chi connectivity index (χ2n) is 10.4. The first-order chi connectivity index (χ1) is 16.2. The van der Waals surface area contributed by atoms with Crippen molar-refractivity contribution < 1.29 is 4.74 Å². The molecule has 33 heavy (non-hydrogen) atoms. The molecular weight excluding hydrogens is 400 g/mol. The van der Waals surface area contributed by atoms with Crippen LogP contribution in [-0.4, -0.2) is 6.61 Å². The van der Waals surface area contributed by atoms with Crippen molar-refractivity contribution in [2.75, 3.05) is 6.61 Å². The lowest BCUT2D eigenvalue weighted by Crippen LogP contribution is -2.25. The third-order valence-electron chi connectivity index (χ3n) is 8.19. The Morgan fingerprint density at radius 3 is 1.79 bits per heavy atom. The summed E-state index contributed by atoms with van der Waals surface area (Å²) in [5.41, 5.74) is 3.64. The highest BCUT2D eigenvalue weighted by Gasteiger charge is 2.31. The zero-order valence-corrected chi connectivity index (χ0v) is 20.8. The van der Waals surface area contributed by atoms with Crippen molar-refractivity contribution in [3.63, 3.8) is 0 Å². The van der Waals surface area contributed by atoms with Gasteiger partial charge in [-0.3, -0.25) is 0 Å². The first-order valence-corrected chi connectivity index (χ1v) is 13.6. The van der Waals surface area contributed by atoms with Crippen LogP contribution in [0.25, 0.3) is 0 Å². The van der Waals surface area contributed by atoms with Gasteiger partial charge in [0.25, 0.3) is 0 Å². The van der Waals surface area contributed by atoms with Gasteiger partial charge in [0.2, 0.25) is 0 Å². The molecule has 0 spiro atoms. The minimum absolute atomic E-state index is 0.694. The summed E-state index contributed by atoms with van der Waals surface area (Å²) in [7, 11) is 0. The van der Waals surface area contributed by atoms with Gasteiger partial charge in [0.05, 0.1) is 6.61 Å². The second kappa shape index (κ2) is 12.3. The van der Waals surface area contributed by atoms with Gasteiger partial charge < -0.3 is 4.74 Å². The number of benzene rings is 2. The highest BCUT2D eigenvalue weighted by atomic mass is 16.5. The van der Waals surface area contributed by atoms with Crippen LogP contribution in [0.15, 0.2) is 48.5 Å². The summed E-state index contributed by atoms with van der Waals surface area (Å²) < 4.78 is 5.50. The Balaban J connectivity index is 1.24. The van der Waals surface area contributed by atoms with Gasteiger partial charge in [0.15, 0.2) is 0 Å². The molecule has 0 heterocycles. The maximum atomic E-state index is 5.50. The van der Waals surface area contributed by atoms with Gasteiger partial charge in [-0.25, -0.2) is 0 Å². The van der Waals surface area contributed by atoms with E-state index in [2.05, 4.69) is 43.0 Å². The number of ether oxygens (including phenoxy) is 1. The summed E-state index contributed by atoms with van der Waals surface area (Å²) >= 11 is 0. The van der Waals surface area contributed by atoms with Gasteiger partial charge in [-0.05, 0) is 111 Å². The molecule has 1 heteroatoms. The minimum atomic E-state index is 0.694. The molecule has 176 valence electrons. The predicted octanol–water partition coefficient (Wildman–Crippen LogP) is 8.76. The predicted molar refractivity (Wildman–Crippen MR) is 140 cm³/mol. The topological polar surface area (TPSA) is 9.23 Å². The zero-order chi connectivity index (χ0) is 22.9. The number of unbranched alkanes of at least 4 members (excludes halogenated alkanes) is 1. The quantitative estimate of drug-likeness (QED) is 0.389. The van der Waals surface area contributed by atoms with Crippen LogP contribution in [0, 0.1) is 29.6 Å². The molecular formula is C32H42O. The molecule has 0 N–H and O–H groups in total. The van der Waals surface area contributed by atoms with Gasteiger partial charge in [-0.2, -0.15) is 0 Å². The Labute approximate surface area is 202 Å². The molecule has 2 aromatic carbocycles. The molecule has 2 aromatic rings. The van der Waals surface area contributed by atoms with E-state index < -0.39 is 0 Å². The molecule has 0 bridgehead atoms. The fourth-order valence-electron chi connectivity index (χ4n) is 6.15. The van der Waals surface area contributed by atoms with Crippen molar-refractivity contribution >= 4 is 0 Å². The Morgan fingerprint density at radius 2 is 1.24 bits per heavy atom. The standard InChI is InChI=1S/C32H42O/c1-3-5-6-25-9-15-28(16-10-25)30-19-21-31(22-20-30)29-17-11-26(12-18-29)7-8-27-13-23-32(24-14-27)33-4-2/h11-14,17-18,23-25,28,30-31H,3-6,9-10,15-16,19-22H2,1-2H3. The van der Waals surface area contributed by atoms with Crippen LogP contribution in [0.2, 0.25) is 0 Å². The van der Waals surface area contributed by atoms with E-state index in [4.69, 9.17) is 4.74 Å². The van der Waals surface area contributed by atoms with Crippen LogP contribution in [0.5, 0.6) is 5.75 Å². The van der Waals surface area contributed by atoms with E-state index in [1.807, 2.05) is 31.2 Å². The van der Waals surface area contributed by atoms with E-state index in [1.54, 1.807) is 0 Å². The van der Waals surface area contributed by atoms with E-state index in [0.29, 0.717) is 6.61 Å². The summed E-state index contributed by atoms with van der Waals surface area (Å²) in [6, 6.07) is 17.1. The van der Waals surface area contributed by atoms with Crippen LogP contribution < -0.4 is 4.74 Å². The smallest absolute Gasteiger partial charge is 0.119 e. The molecule has 1 nitrogen and oxygen atoms in total. The summed E-state index contributed by atoms with van der Waals surface area (Å²) in [4.78, 5) is 0. The summed E-state index contributed by atoms with van der Waals surface area (Å²) in [5.74, 6) is 11.3. The van der Waals surface area contributed by atoms with E-state index >= 15 is 0 Å². The minimum Gasteiger partial charge on any atom is -0.494 e. The number of rotatable bonds is 7. The second-order valence-corrected chi connectivity index (χ2v) is 10.4. The van der Waals surface area contributed by atoms with Crippen molar-refractivity contribution in [3.8, 4) is 17.6 Å². The first-order valence-electron chi connectivity index (χ1n) is 13.6. The SMILES string of the molecule is CCCCC1CCC(C2CCC(c3ccc(C#Cc4ccc(OCC)cc4)cc3)CC2)CC1. The van der Waals surface area contributed by atoms with Crippen molar-refractivity contribution in [3.05, 3.63) is 65.2 Å². The molecule has 0 atom stereocenters. The van der Waals surface area contributed by atoms with Crippen LogP contribution in [0.3, 0.4) is 0 Å². The Bertz CT molecular complexity index is 882. The molecule has 0 aromatic heterocycles. The maximum Gasteiger partial charge on any atom is 0.119 e. The summed E-state index contributed by atoms with van der Waals surface area (Å²) in [6.45, 7) is 5.02. The van der Waals surface area contributed by atoms with Crippen molar-refractivity contribution in [2.24, 2.45) is 17.8 Å². The molecule has 0 radical (unpaired) electrons. The summed E-state index contributed by atoms with van der Waals surface area (Å²) in [5, 5.41) is 0. The molecule has 0 aliphatic heterocycles. The molecule has 4 rings (SSSR count). The van der Waals surface area contributed by atoms with Crippen LogP contribution >= 0.6 is 0 Å². The van der Waals surface area contributed by atoms with Gasteiger partial charge in [0.1, 0.15) is 5.75 Å². The van der Waals surface area contributed by atoms with Gasteiger partial charge in [-0.1, -0.05) is 63.0 Å². The van der Waals surface area contributed by atoms with Crippen molar-refractivity contribution in [1.82, 2.24) is 0 Å². The van der Waals surface area contributed by atoms with E-state index in [9.17, 15) is 0 Å². The lowest BCUT2D eigenvalue weighted by Gasteiger charge is -2.38. The number of hydrogen-bond acceptors (Lipinski definition) is 1. The largest absolute Gasteiger partial charge is 0.494 e. The average Bonchev–Trinajstić information content (AvgIpc) is 2.88. The Hall–Kier alpha value is -2.20. The zero-order valence-electron chi connectivity index (χ0n) is 20.8. The normalized spacial score (nSPS) is 25.2. The molecule has 0 saturated heterocycles. The maximum absolute atomic E-state index is 5.50. The van der Waals surface area contributed by atoms with Crippen molar-refractivity contribution in [1.29, 1.82) is 0 Å². The molecule has 0 unspecified atom stereocenters. The number of hydrogen-bond donors (Lipinski definition) is 0. The Kier molecular flexibility index (Phi) is 8.93. The Morgan fingerprint density at radius 1 is 0.697 bits per heavy atom. The van der Waals surface area contributed by atoms with Crippen LogP contribution in [0.1, 0.15) is 107 Å². The fraction of sp³-hybridized carbons (Fsp3) is 0.562. The lowest BCUT2D eigenvalue weighted by atomic mass is 9.68. The summed E-state index contributed by atoms with van der Waals surface area (Å²) in [6.07, 6.45) is 15.9. The highest BCUT2D eigenvalue weighted by molar-refractivity contribution is 5.45. The van der Waals surface area contributed by atoms with Gasteiger partial charge in [0, 0.05) is 11.1 Å². The molecule has 2 fully saturated rings. The third kappa shape index (κ3) is 6.89. The lowest BCUT2D eigenvalue weighted by molar-refractivity contribution is 0.156. The van der Waals surface area contributed by atoms with E-state index in [0.717, 1.165) is 40.5 Å².